The fourth-order valence-electron chi connectivity index (χ4n) is 13.3. The second-order valence-corrected chi connectivity index (χ2v) is 38.6. The van der Waals surface area contributed by atoms with Crippen molar-refractivity contribution in [3.05, 3.63) is 249 Å². The number of hydrogen-bond acceptors (Lipinski definition) is 0. The lowest BCUT2D eigenvalue weighted by Crippen LogP contribution is -2.17. The van der Waals surface area contributed by atoms with Crippen LogP contribution in [-0.2, 0) is 59.6 Å². The molecule has 11 rings (SSSR count). The van der Waals surface area contributed by atoms with Gasteiger partial charge in [-0.1, -0.05) is 487 Å². The van der Waals surface area contributed by atoms with Gasteiger partial charge in [0, 0.05) is 5.41 Å². The van der Waals surface area contributed by atoms with Gasteiger partial charge in [0.15, 0.2) is 0 Å². The minimum absolute atomic E-state index is 0.0947. The molecule has 0 heteroatoms. The van der Waals surface area contributed by atoms with Crippen molar-refractivity contribution in [2.24, 2.45) is 0 Å². The van der Waals surface area contributed by atoms with Crippen molar-refractivity contribution in [3.8, 4) is 11.1 Å². The highest BCUT2D eigenvalue weighted by Crippen LogP contribution is 2.51. The molecule has 0 nitrogen and oxygen atoms in total. The molecule has 0 heterocycles. The van der Waals surface area contributed by atoms with Crippen LogP contribution in [0, 0.1) is 0 Å². The Morgan fingerprint density at radius 2 is 0.430 bits per heavy atom. The van der Waals surface area contributed by atoms with Crippen molar-refractivity contribution in [1.82, 2.24) is 0 Å². The van der Waals surface area contributed by atoms with E-state index in [1.807, 2.05) is 83.1 Å². The highest BCUT2D eigenvalue weighted by Gasteiger charge is 2.37. The molecule has 0 radical (unpaired) electrons. The fourth-order valence-corrected chi connectivity index (χ4v) is 13.3. The van der Waals surface area contributed by atoms with E-state index in [9.17, 15) is 0 Å². The zero-order valence-corrected chi connectivity index (χ0v) is 77.8. The maximum atomic E-state index is 2.43. The molecule has 0 amide bonds. The molecule has 0 atom stereocenters. The van der Waals surface area contributed by atoms with E-state index in [0.29, 0.717) is 0 Å². The van der Waals surface area contributed by atoms with Crippen molar-refractivity contribution in [1.29, 1.82) is 0 Å². The first-order valence-electron chi connectivity index (χ1n) is 41.7. The summed E-state index contributed by atoms with van der Waals surface area (Å²) < 4.78 is 0. The molecule has 1 aliphatic carbocycles. The van der Waals surface area contributed by atoms with E-state index in [4.69, 9.17) is 0 Å². The van der Waals surface area contributed by atoms with Gasteiger partial charge >= 0.3 is 0 Å². The van der Waals surface area contributed by atoms with E-state index in [0.717, 1.165) is 0 Å². The van der Waals surface area contributed by atoms with Gasteiger partial charge in [0.2, 0.25) is 0 Å². The van der Waals surface area contributed by atoms with Crippen LogP contribution in [0.5, 0.6) is 0 Å². The van der Waals surface area contributed by atoms with Gasteiger partial charge in [0.25, 0.3) is 0 Å². The first kappa shape index (κ1) is 98.2. The maximum absolute atomic E-state index is 2.43. The third-order valence-corrected chi connectivity index (χ3v) is 19.6. The van der Waals surface area contributed by atoms with E-state index < -0.39 is 0 Å². The molecule has 590 valence electrons. The summed E-state index contributed by atoms with van der Waals surface area (Å²) in [6.45, 7) is 97.1. The van der Waals surface area contributed by atoms with Crippen LogP contribution in [-0.4, -0.2) is 0 Å². The number of fused-ring (bicyclic) bond motifs is 7. The lowest BCUT2D eigenvalue weighted by atomic mass is 9.77. The van der Waals surface area contributed by atoms with Crippen LogP contribution in [0.3, 0.4) is 0 Å². The second-order valence-electron chi connectivity index (χ2n) is 38.6. The van der Waals surface area contributed by atoms with Crippen molar-refractivity contribution < 1.29 is 0 Å². The Morgan fingerprint density at radius 3 is 0.748 bits per heavy atom. The fraction of sp³-hybridized carbons (Fsp3) is 0.514. The molecule has 0 aromatic heterocycles. The van der Waals surface area contributed by atoms with Gasteiger partial charge in [-0.3, -0.25) is 0 Å². The van der Waals surface area contributed by atoms with E-state index in [-0.39, 0.29) is 59.6 Å². The molecule has 0 bridgehead atoms. The lowest BCUT2D eigenvalue weighted by molar-refractivity contribution is 0.581. The zero-order chi connectivity index (χ0) is 83.4. The molecule has 0 fully saturated rings. The Labute approximate surface area is 663 Å². The van der Waals surface area contributed by atoms with Crippen molar-refractivity contribution in [2.75, 3.05) is 0 Å². The molecule has 0 saturated carbocycles. The smallest absolute Gasteiger partial charge is 0.0158 e. The Hall–Kier alpha value is -6.76. The molecule has 0 saturated heterocycles. The largest absolute Gasteiger partial charge is 0.0683 e. The SMILES string of the molecule is CC.CC.CC.CC.CC.CC.CC(C)(C)c1ccc2c(C(C)(C)C)cccc2c1.CC(C)(C)c1ccc2c(c1)-c1cc(C(C)(C)C)ccc1C2(C)C.CC(C)(C)c1ccc2ccc(C(C)(C)C)cc2c1.CC(C)(C)c1ccc2cccc(C(C)(C)C)c2c1.CC(C)(C)c1cccc2cccc(C(C)(C)C)c12. The molecule has 0 spiro atoms. The van der Waals surface area contributed by atoms with Crippen molar-refractivity contribution in [3.63, 3.8) is 0 Å². The first-order valence-corrected chi connectivity index (χ1v) is 41.7. The number of hydrogen-bond donors (Lipinski definition) is 0. The van der Waals surface area contributed by atoms with Gasteiger partial charge in [-0.25, -0.2) is 0 Å². The monoisotopic (exact) mass is 1450 g/mol. The van der Waals surface area contributed by atoms with Gasteiger partial charge in [0.1, 0.15) is 0 Å². The summed E-state index contributed by atoms with van der Waals surface area (Å²) in [6.07, 6.45) is 0. The van der Waals surface area contributed by atoms with Crippen LogP contribution in [0.4, 0.5) is 0 Å². The Kier molecular flexibility index (Phi) is 36.5. The molecule has 0 aliphatic heterocycles. The summed E-state index contributed by atoms with van der Waals surface area (Å²) in [7, 11) is 0. The van der Waals surface area contributed by atoms with Gasteiger partial charge in [-0.05, 0) is 175 Å². The normalized spacial score (nSPS) is 12.6. The minimum atomic E-state index is 0.0947. The summed E-state index contributed by atoms with van der Waals surface area (Å²) in [5, 5.41) is 11.0. The highest BCUT2D eigenvalue weighted by molar-refractivity contribution is 5.91. The van der Waals surface area contributed by atoms with Gasteiger partial charge in [-0.2, -0.15) is 0 Å². The molecule has 107 heavy (non-hydrogen) atoms. The molecular formula is C107H162. The molecule has 0 unspecified atom stereocenters. The van der Waals surface area contributed by atoms with Crippen molar-refractivity contribution in [2.45, 2.75) is 364 Å². The Balaban J connectivity index is 0.000000647. The summed E-state index contributed by atoms with van der Waals surface area (Å²) in [4.78, 5) is 0. The molecular weight excluding hydrogens is 1290 g/mol. The first-order chi connectivity index (χ1) is 49.2. The maximum Gasteiger partial charge on any atom is 0.0158 e. The second kappa shape index (κ2) is 39.7. The summed E-state index contributed by atoms with van der Waals surface area (Å²) in [5.41, 5.74) is 22.1. The molecule has 10 aromatic rings. The topological polar surface area (TPSA) is 0 Å². The lowest BCUT2D eigenvalue weighted by Gasteiger charge is -2.27. The van der Waals surface area contributed by atoms with Crippen LogP contribution in [0.1, 0.15) is 371 Å². The quantitative estimate of drug-likeness (QED) is 0.142. The van der Waals surface area contributed by atoms with Gasteiger partial charge < -0.3 is 0 Å². The van der Waals surface area contributed by atoms with Gasteiger partial charge in [0.05, 0.1) is 0 Å². The third-order valence-electron chi connectivity index (χ3n) is 19.6. The van der Waals surface area contributed by atoms with E-state index in [1.165, 1.54) is 121 Å². The number of rotatable bonds is 0. The van der Waals surface area contributed by atoms with Crippen LogP contribution >= 0.6 is 0 Å². The average molecular weight is 1450 g/mol. The predicted molar refractivity (Wildman–Crippen MR) is 495 cm³/mol. The van der Waals surface area contributed by atoms with Crippen molar-refractivity contribution >= 4 is 43.1 Å². The summed E-state index contributed by atoms with van der Waals surface area (Å²) >= 11 is 0. The standard InChI is InChI=1S/C23H30.4C18H24.6C2H6/c1-21(2,3)15-9-11-19-17(13-15)18-14-16(22(4,5)6)10-12-20(18)23(19,7)8;1-17(2,3)15-9-7-13-8-10-16(18(4,5)6)12-14(13)11-15;1-17(2,3)14-11-7-9-13-10-8-12-15(16(13)14)18(4,5)6;1-17(2,3)14-10-11-15-13(12-14)8-7-9-16(15)18(4,5)6;1-17(2,3)14-11-10-13-8-7-9-16(15(13)12-14)18(4,5)6;6*1-2/h9-14H,1-8H3;4*7-12H,1-6H3;6*1-2H3. The summed E-state index contributed by atoms with van der Waals surface area (Å²) in [5.74, 6) is 0. The van der Waals surface area contributed by atoms with Crippen LogP contribution in [0.25, 0.3) is 54.2 Å². The Morgan fingerprint density at radius 1 is 0.187 bits per heavy atom. The minimum Gasteiger partial charge on any atom is -0.0683 e. The molecule has 0 N–H and O–H groups in total. The predicted octanol–water partition coefficient (Wildman–Crippen LogP) is 34.5. The van der Waals surface area contributed by atoms with E-state index in [2.05, 4.69) is 404 Å². The van der Waals surface area contributed by atoms with Crippen LogP contribution in [0.2, 0.25) is 0 Å². The van der Waals surface area contributed by atoms with E-state index >= 15 is 0 Å². The molecule has 10 aromatic carbocycles. The zero-order valence-electron chi connectivity index (χ0n) is 77.8. The summed E-state index contributed by atoms with van der Waals surface area (Å²) in [6, 6.07) is 68.3. The Bertz CT molecular complexity index is 4120. The highest BCUT2D eigenvalue weighted by atomic mass is 14.4. The van der Waals surface area contributed by atoms with Gasteiger partial charge in [-0.15, -0.1) is 0 Å². The van der Waals surface area contributed by atoms with Crippen LogP contribution in [0.15, 0.2) is 182 Å². The van der Waals surface area contributed by atoms with E-state index in [1.54, 1.807) is 0 Å². The van der Waals surface area contributed by atoms with Crippen LogP contribution < -0.4 is 0 Å². The third kappa shape index (κ3) is 26.8. The average Bonchev–Trinajstić information content (AvgIpc) is 1.58. The molecule has 1 aliphatic rings. The number of benzene rings is 10.